The number of phenols is 4. The highest BCUT2D eigenvalue weighted by molar-refractivity contribution is 6.44. The topological polar surface area (TPSA) is 186 Å². The number of hydrogen-bond acceptors (Lipinski definition) is 8. The van der Waals surface area contributed by atoms with Crippen LogP contribution < -0.4 is 11.5 Å². The molecule has 2 unspecified atom stereocenters. The van der Waals surface area contributed by atoms with Gasteiger partial charge < -0.3 is 41.4 Å². The van der Waals surface area contributed by atoms with Crippen LogP contribution in [0.4, 0.5) is 9.59 Å². The van der Waals surface area contributed by atoms with Crippen molar-refractivity contribution >= 4 is 47.0 Å². The summed E-state index contributed by atoms with van der Waals surface area (Å²) in [7, 11) is 0. The SMILES string of the molecule is C[C@H]1CCCCC(CCCCCl)c2c(O)cc(cc2O)[C@H](OC(N)=O)[C@@H](C)CCCCC(CCCC(Cl)Cl)c2c(O)cc(cc2O)[C@@H]1OC(N)=O. The molecule has 2 aromatic carbocycles. The Kier molecular flexibility index (Phi) is 17.4. The highest BCUT2D eigenvalue weighted by Crippen LogP contribution is 2.46. The number of phenolic OH excluding ortho intramolecular Hbond substituents is 4. The lowest BCUT2D eigenvalue weighted by atomic mass is 9.83. The number of hydrogen-bond donors (Lipinski definition) is 6. The minimum absolute atomic E-state index is 0.0711. The molecule has 10 nitrogen and oxygen atoms in total. The Bertz CT molecular complexity index is 1380. The molecule has 0 fully saturated rings. The Hall–Kier alpha value is -2.95. The van der Waals surface area contributed by atoms with Crippen LogP contribution in [0.5, 0.6) is 23.0 Å². The lowest BCUT2D eigenvalue weighted by molar-refractivity contribution is 0.0683. The van der Waals surface area contributed by atoms with Gasteiger partial charge in [0, 0.05) is 28.1 Å². The van der Waals surface area contributed by atoms with Crippen molar-refractivity contribution in [3.63, 3.8) is 0 Å². The van der Waals surface area contributed by atoms with Crippen molar-refractivity contribution in [3.05, 3.63) is 46.5 Å². The van der Waals surface area contributed by atoms with Gasteiger partial charge in [0.05, 0.1) is 0 Å². The molecule has 0 heterocycles. The molecule has 51 heavy (non-hydrogen) atoms. The van der Waals surface area contributed by atoms with Gasteiger partial charge in [-0.2, -0.15) is 0 Å². The fourth-order valence-electron chi connectivity index (χ4n) is 7.62. The molecule has 0 aromatic heterocycles. The third kappa shape index (κ3) is 12.9. The van der Waals surface area contributed by atoms with Crippen LogP contribution in [0.2, 0.25) is 0 Å². The molecule has 6 atom stereocenters. The number of carbonyl (C=O) groups excluding carboxylic acids is 2. The number of unbranched alkanes of at least 4 members (excludes halogenated alkanes) is 1. The summed E-state index contributed by atoms with van der Waals surface area (Å²) in [4.78, 5) is 23.5. The van der Waals surface area contributed by atoms with E-state index in [2.05, 4.69) is 0 Å². The van der Waals surface area contributed by atoms with E-state index in [1.807, 2.05) is 13.8 Å². The summed E-state index contributed by atoms with van der Waals surface area (Å²) >= 11 is 18.0. The zero-order chi connectivity index (χ0) is 37.7. The second-order valence-corrected chi connectivity index (χ2v) is 15.7. The highest BCUT2D eigenvalue weighted by atomic mass is 35.5. The Balaban J connectivity index is 2.04. The van der Waals surface area contributed by atoms with E-state index in [4.69, 9.17) is 55.7 Å². The minimum Gasteiger partial charge on any atom is -0.508 e. The van der Waals surface area contributed by atoms with E-state index in [9.17, 15) is 30.0 Å². The number of aromatic hydroxyl groups is 4. The number of alkyl halides is 3. The van der Waals surface area contributed by atoms with Gasteiger partial charge in [-0.25, -0.2) is 9.59 Å². The fraction of sp³-hybridized carbons (Fsp3) is 0.632. The Morgan fingerprint density at radius 2 is 1.06 bits per heavy atom. The highest BCUT2D eigenvalue weighted by Gasteiger charge is 2.30. The third-order valence-corrected chi connectivity index (χ3v) is 10.8. The van der Waals surface area contributed by atoms with E-state index in [1.54, 1.807) is 24.3 Å². The van der Waals surface area contributed by atoms with E-state index in [-0.39, 0.29) is 46.7 Å². The van der Waals surface area contributed by atoms with Gasteiger partial charge in [0.2, 0.25) is 0 Å². The number of rotatable bonds is 10. The number of halogens is 3. The molecule has 4 aliphatic carbocycles. The van der Waals surface area contributed by atoms with Crippen LogP contribution in [0, 0.1) is 11.8 Å². The third-order valence-electron chi connectivity index (χ3n) is 10.1. The summed E-state index contributed by atoms with van der Waals surface area (Å²) in [5.74, 6) is -0.684. The number of amides is 2. The number of carbonyl (C=O) groups is 2. The van der Waals surface area contributed by atoms with Gasteiger partial charge >= 0.3 is 12.2 Å². The van der Waals surface area contributed by atoms with Crippen LogP contribution in [0.15, 0.2) is 24.3 Å². The summed E-state index contributed by atoms with van der Waals surface area (Å²) in [6.45, 7) is 3.84. The van der Waals surface area contributed by atoms with Crippen LogP contribution in [0.3, 0.4) is 0 Å². The van der Waals surface area contributed by atoms with Crippen LogP contribution in [-0.4, -0.2) is 43.3 Å². The summed E-state index contributed by atoms with van der Waals surface area (Å²) < 4.78 is 11.1. The maximum atomic E-state index is 12.0. The van der Waals surface area contributed by atoms with Gasteiger partial charge in [-0.1, -0.05) is 52.4 Å². The van der Waals surface area contributed by atoms with Gasteiger partial charge in [-0.05, 0) is 99.3 Å². The first-order valence-corrected chi connectivity index (χ1v) is 19.5. The van der Waals surface area contributed by atoms with Crippen molar-refractivity contribution in [2.75, 3.05) is 5.88 Å². The van der Waals surface area contributed by atoms with E-state index in [0.717, 1.165) is 25.7 Å². The summed E-state index contributed by atoms with van der Waals surface area (Å²) in [6, 6.07) is 6.19. The second kappa shape index (κ2) is 20.9. The van der Waals surface area contributed by atoms with Gasteiger partial charge in [0.15, 0.2) is 0 Å². The zero-order valence-electron chi connectivity index (χ0n) is 29.7. The molecule has 2 aromatic rings. The minimum atomic E-state index is -0.961. The second-order valence-electron chi connectivity index (χ2n) is 14.1. The maximum Gasteiger partial charge on any atom is 0.405 e. The molecule has 0 saturated carbocycles. The van der Waals surface area contributed by atoms with Crippen molar-refractivity contribution in [1.29, 1.82) is 0 Å². The normalized spacial score (nSPS) is 23.7. The van der Waals surface area contributed by atoms with Crippen molar-refractivity contribution in [1.82, 2.24) is 0 Å². The lowest BCUT2D eigenvalue weighted by Crippen LogP contribution is -2.22. The average Bonchev–Trinajstić information content (AvgIpc) is 3.04. The molecule has 286 valence electrons. The molecule has 4 aliphatic rings. The van der Waals surface area contributed by atoms with Crippen molar-refractivity contribution in [3.8, 4) is 23.0 Å². The molecule has 8 N–H and O–H groups in total. The molecule has 13 heteroatoms. The first kappa shape index (κ1) is 42.5. The Labute approximate surface area is 316 Å². The van der Waals surface area contributed by atoms with Crippen molar-refractivity contribution in [2.45, 2.75) is 133 Å². The number of nitrogens with two attached hydrogens (primary N) is 2. The molecule has 0 radical (unpaired) electrons. The van der Waals surface area contributed by atoms with Crippen molar-refractivity contribution < 1.29 is 39.5 Å². The fourth-order valence-corrected chi connectivity index (χ4v) is 8.11. The molecular formula is C38H55Cl3N2O8. The quantitative estimate of drug-likeness (QED) is 0.102. The molecule has 6 rings (SSSR count). The summed E-state index contributed by atoms with van der Waals surface area (Å²) in [6.07, 6.45) is 5.91. The zero-order valence-corrected chi connectivity index (χ0v) is 31.9. The largest absolute Gasteiger partial charge is 0.508 e. The van der Waals surface area contributed by atoms with Crippen LogP contribution >= 0.6 is 34.8 Å². The molecule has 2 amide bonds. The Morgan fingerprint density at radius 3 is 1.41 bits per heavy atom. The summed E-state index contributed by atoms with van der Waals surface area (Å²) in [5.41, 5.74) is 12.7. The number of ether oxygens (including phenoxy) is 2. The van der Waals surface area contributed by atoms with E-state index in [1.165, 1.54) is 0 Å². The molecule has 0 spiro atoms. The standard InChI is InChI=1S/C38H55Cl3N2O8/c1-22-10-3-5-12-24(14-7-8-17-39)33-28(44)18-26(19-29(33)45)35(50-37(42)48)23(2)11-4-6-13-25(15-9-16-32(40)41)34-30(46)20-27(21-31(34)47)36(22)51-38(43)49/h18-25,32,35-36,44-47H,3-17H2,1-2H3,(H2,42,48)(H2,43,49)/t22-,23-,24?,25?,35+,36+/m0/s1. The smallest absolute Gasteiger partial charge is 0.405 e. The first-order chi connectivity index (χ1) is 24.2. The number of primary amides is 2. The van der Waals surface area contributed by atoms with Crippen LogP contribution in [-0.2, 0) is 9.47 Å². The Morgan fingerprint density at radius 1 is 0.686 bits per heavy atom. The maximum absolute atomic E-state index is 12.0. The average molecular weight is 774 g/mol. The van der Waals surface area contributed by atoms with Crippen LogP contribution in [0.1, 0.15) is 150 Å². The monoisotopic (exact) mass is 772 g/mol. The van der Waals surface area contributed by atoms with Crippen LogP contribution in [0.25, 0.3) is 0 Å². The lowest BCUT2D eigenvalue weighted by Gasteiger charge is -2.28. The van der Waals surface area contributed by atoms with Gasteiger partial charge in [-0.15, -0.1) is 34.8 Å². The van der Waals surface area contributed by atoms with E-state index in [0.29, 0.717) is 92.3 Å². The molecule has 0 aliphatic heterocycles. The molecule has 4 bridgehead atoms. The van der Waals surface area contributed by atoms with Gasteiger partial charge in [0.1, 0.15) is 40.0 Å². The van der Waals surface area contributed by atoms with Crippen molar-refractivity contribution in [2.24, 2.45) is 23.3 Å². The molecule has 0 saturated heterocycles. The summed E-state index contributed by atoms with van der Waals surface area (Å²) in [5, 5.41) is 45.3. The van der Waals surface area contributed by atoms with E-state index < -0.39 is 29.2 Å². The number of benzene rings is 2. The predicted molar refractivity (Wildman–Crippen MR) is 201 cm³/mol. The van der Waals surface area contributed by atoms with Gasteiger partial charge in [0.25, 0.3) is 0 Å². The predicted octanol–water partition coefficient (Wildman–Crippen LogP) is 10.4. The van der Waals surface area contributed by atoms with E-state index >= 15 is 0 Å². The molecular weight excluding hydrogens is 719 g/mol. The van der Waals surface area contributed by atoms with Gasteiger partial charge in [-0.3, -0.25) is 0 Å². The first-order valence-electron chi connectivity index (χ1n) is 18.1.